The topological polar surface area (TPSA) is 38.8 Å². The second-order valence-corrected chi connectivity index (χ2v) is 8.04. The van der Waals surface area contributed by atoms with Gasteiger partial charge in [0.2, 0.25) is 0 Å². The molecule has 0 spiro atoms. The van der Waals surface area contributed by atoms with Crippen molar-refractivity contribution in [1.82, 2.24) is 4.90 Å². The van der Waals surface area contributed by atoms with E-state index in [-0.39, 0.29) is 5.91 Å². The second-order valence-electron chi connectivity index (χ2n) is 8.04. The Labute approximate surface area is 190 Å². The van der Waals surface area contributed by atoms with Gasteiger partial charge in [0.15, 0.2) is 0 Å². The maximum absolute atomic E-state index is 12.3. The lowest BCUT2D eigenvalue weighted by Crippen LogP contribution is -2.37. The van der Waals surface area contributed by atoms with E-state index in [1.54, 1.807) is 19.0 Å². The number of ether oxygens (including phenoxy) is 2. The minimum absolute atomic E-state index is 0.0177. The summed E-state index contributed by atoms with van der Waals surface area (Å²) in [5, 5.41) is 0. The van der Waals surface area contributed by atoms with Crippen LogP contribution in [0.2, 0.25) is 0 Å². The highest BCUT2D eigenvalue weighted by molar-refractivity contribution is 6.01. The smallest absolute Gasteiger partial charge is 0.251 e. The molecule has 1 aliphatic rings. The Morgan fingerprint density at radius 2 is 1.44 bits per heavy atom. The minimum atomic E-state index is -0.464. The summed E-state index contributed by atoms with van der Waals surface area (Å²) in [6.45, 7) is 2.90. The van der Waals surface area contributed by atoms with Crippen LogP contribution in [0.15, 0.2) is 78.9 Å². The van der Waals surface area contributed by atoms with E-state index >= 15 is 0 Å². The Morgan fingerprint density at radius 1 is 0.875 bits per heavy atom. The molecular formula is C28H29NO3. The predicted octanol–water partition coefficient (Wildman–Crippen LogP) is 5.21. The number of likely N-dealkylation sites (N-methyl/N-ethyl adjacent to an activating group) is 1. The summed E-state index contributed by atoms with van der Waals surface area (Å²) in [5.74, 6) is 0.785. The number of fused-ring (bicyclic) bond motifs is 3. The van der Waals surface area contributed by atoms with E-state index in [0.717, 1.165) is 11.3 Å². The van der Waals surface area contributed by atoms with Crippen LogP contribution in [0.1, 0.15) is 23.6 Å². The lowest BCUT2D eigenvalue weighted by Gasteiger charge is -2.20. The predicted molar refractivity (Wildman–Crippen MR) is 129 cm³/mol. The van der Waals surface area contributed by atoms with Gasteiger partial charge in [-0.15, -0.1) is 0 Å². The third-order valence-electron chi connectivity index (χ3n) is 5.69. The third kappa shape index (κ3) is 4.61. The van der Waals surface area contributed by atoms with Gasteiger partial charge in [-0.3, -0.25) is 4.79 Å². The molecule has 0 heterocycles. The molecule has 3 aromatic carbocycles. The Hall–Kier alpha value is -3.37. The highest BCUT2D eigenvalue weighted by atomic mass is 16.5. The summed E-state index contributed by atoms with van der Waals surface area (Å²) in [7, 11) is 3.50. The van der Waals surface area contributed by atoms with Crippen LogP contribution in [-0.4, -0.2) is 44.2 Å². The van der Waals surface area contributed by atoms with Crippen molar-refractivity contribution in [3.05, 3.63) is 95.6 Å². The zero-order valence-corrected chi connectivity index (χ0v) is 18.9. The fourth-order valence-corrected chi connectivity index (χ4v) is 4.13. The van der Waals surface area contributed by atoms with Gasteiger partial charge in [0, 0.05) is 27.1 Å². The van der Waals surface area contributed by atoms with Crippen LogP contribution in [0, 0.1) is 0 Å². The van der Waals surface area contributed by atoms with Crippen molar-refractivity contribution in [2.75, 3.05) is 27.3 Å². The Morgan fingerprint density at radius 3 is 1.97 bits per heavy atom. The number of carbonyl (C=O) groups is 1. The van der Waals surface area contributed by atoms with Gasteiger partial charge in [-0.05, 0) is 58.5 Å². The molecule has 0 bridgehead atoms. The Kier molecular flexibility index (Phi) is 6.72. The SMILES string of the molecule is CCOC(Cc1ccc(OCC=C2c3ccccc3-c3ccccc32)cc1)C(=O)N(C)C. The average Bonchev–Trinajstić information content (AvgIpc) is 3.13. The van der Waals surface area contributed by atoms with Crippen molar-refractivity contribution < 1.29 is 14.3 Å². The highest BCUT2D eigenvalue weighted by Gasteiger charge is 2.22. The average molecular weight is 428 g/mol. The van der Waals surface area contributed by atoms with Crippen LogP contribution in [0.25, 0.3) is 16.7 Å². The Bertz CT molecular complexity index is 1070. The van der Waals surface area contributed by atoms with Gasteiger partial charge in [0.1, 0.15) is 18.5 Å². The van der Waals surface area contributed by atoms with E-state index in [9.17, 15) is 4.79 Å². The Balaban J connectivity index is 1.43. The molecule has 0 N–H and O–H groups in total. The van der Waals surface area contributed by atoms with Gasteiger partial charge in [-0.1, -0.05) is 60.7 Å². The number of hydrogen-bond donors (Lipinski definition) is 0. The minimum Gasteiger partial charge on any atom is -0.490 e. The highest BCUT2D eigenvalue weighted by Crippen LogP contribution is 2.43. The molecule has 1 unspecified atom stereocenters. The second kappa shape index (κ2) is 9.84. The van der Waals surface area contributed by atoms with Gasteiger partial charge in [-0.2, -0.15) is 0 Å². The molecule has 1 aliphatic carbocycles. The maximum Gasteiger partial charge on any atom is 0.251 e. The number of amides is 1. The number of rotatable bonds is 8. The van der Waals surface area contributed by atoms with Crippen LogP contribution >= 0.6 is 0 Å². The van der Waals surface area contributed by atoms with Crippen molar-refractivity contribution in [1.29, 1.82) is 0 Å². The van der Waals surface area contributed by atoms with Gasteiger partial charge < -0.3 is 14.4 Å². The molecule has 0 fully saturated rings. The van der Waals surface area contributed by atoms with Crippen LogP contribution in [0.4, 0.5) is 0 Å². The first kappa shape index (κ1) is 21.8. The van der Waals surface area contributed by atoms with E-state index in [0.29, 0.717) is 19.6 Å². The lowest BCUT2D eigenvalue weighted by atomic mass is 10.0. The molecule has 1 atom stereocenters. The molecule has 164 valence electrons. The van der Waals surface area contributed by atoms with Gasteiger partial charge >= 0.3 is 0 Å². The van der Waals surface area contributed by atoms with Crippen molar-refractivity contribution in [2.45, 2.75) is 19.4 Å². The first-order chi connectivity index (χ1) is 15.6. The molecule has 0 aliphatic heterocycles. The van der Waals surface area contributed by atoms with E-state index in [1.807, 2.05) is 31.2 Å². The largest absolute Gasteiger partial charge is 0.490 e. The molecule has 3 aromatic rings. The summed E-state index contributed by atoms with van der Waals surface area (Å²) in [4.78, 5) is 13.9. The number of nitrogens with zero attached hydrogens (tertiary/aromatic N) is 1. The van der Waals surface area contributed by atoms with Gasteiger partial charge in [0.25, 0.3) is 5.91 Å². The fourth-order valence-electron chi connectivity index (χ4n) is 4.13. The van der Waals surface area contributed by atoms with Crippen LogP contribution in [-0.2, 0) is 16.0 Å². The molecule has 32 heavy (non-hydrogen) atoms. The molecule has 0 saturated heterocycles. The van der Waals surface area contributed by atoms with Crippen LogP contribution in [0.3, 0.4) is 0 Å². The molecular weight excluding hydrogens is 398 g/mol. The standard InChI is InChI=1S/C28H29NO3/c1-4-31-27(28(30)29(2)3)19-20-13-15-21(16-14-20)32-18-17-26-24-11-7-5-9-22(24)23-10-6-8-12-25(23)26/h5-17,27H,4,18-19H2,1-3H3. The number of carbonyl (C=O) groups excluding carboxylic acids is 1. The normalized spacial score (nSPS) is 12.7. The summed E-state index contributed by atoms with van der Waals surface area (Å²) in [5.41, 5.74) is 7.31. The summed E-state index contributed by atoms with van der Waals surface area (Å²) < 4.78 is 11.7. The first-order valence-electron chi connectivity index (χ1n) is 11.0. The third-order valence-corrected chi connectivity index (χ3v) is 5.69. The first-order valence-corrected chi connectivity index (χ1v) is 11.0. The van der Waals surface area contributed by atoms with Crippen molar-refractivity contribution in [3.63, 3.8) is 0 Å². The summed E-state index contributed by atoms with van der Waals surface area (Å²) in [6, 6.07) is 24.9. The van der Waals surface area contributed by atoms with E-state index in [4.69, 9.17) is 9.47 Å². The number of hydrogen-bond acceptors (Lipinski definition) is 3. The molecule has 0 radical (unpaired) electrons. The quantitative estimate of drug-likeness (QED) is 0.387. The molecule has 4 heteroatoms. The van der Waals surface area contributed by atoms with Crippen LogP contribution < -0.4 is 4.74 Å². The van der Waals surface area contributed by atoms with Crippen molar-refractivity contribution in [2.24, 2.45) is 0 Å². The van der Waals surface area contributed by atoms with Crippen molar-refractivity contribution in [3.8, 4) is 16.9 Å². The van der Waals surface area contributed by atoms with E-state index < -0.39 is 6.10 Å². The molecule has 0 saturated carbocycles. The van der Waals surface area contributed by atoms with E-state index in [2.05, 4.69) is 54.6 Å². The zero-order valence-electron chi connectivity index (χ0n) is 18.9. The van der Waals surface area contributed by atoms with Crippen LogP contribution in [0.5, 0.6) is 5.75 Å². The monoisotopic (exact) mass is 427 g/mol. The molecule has 0 aromatic heterocycles. The number of benzene rings is 3. The molecule has 4 nitrogen and oxygen atoms in total. The lowest BCUT2D eigenvalue weighted by molar-refractivity contribution is -0.140. The maximum atomic E-state index is 12.3. The summed E-state index contributed by atoms with van der Waals surface area (Å²) >= 11 is 0. The van der Waals surface area contributed by atoms with Gasteiger partial charge in [0.05, 0.1) is 0 Å². The van der Waals surface area contributed by atoms with E-state index in [1.165, 1.54) is 27.8 Å². The van der Waals surface area contributed by atoms with Gasteiger partial charge in [-0.25, -0.2) is 0 Å². The molecule has 4 rings (SSSR count). The van der Waals surface area contributed by atoms with Crippen molar-refractivity contribution >= 4 is 11.5 Å². The molecule has 1 amide bonds. The zero-order chi connectivity index (χ0) is 22.5. The fraction of sp³-hybridized carbons (Fsp3) is 0.250. The summed E-state index contributed by atoms with van der Waals surface area (Å²) in [6.07, 6.45) is 2.23.